The van der Waals surface area contributed by atoms with Crippen LogP contribution in [0.4, 0.5) is 5.69 Å². The van der Waals surface area contributed by atoms with Crippen molar-refractivity contribution in [2.75, 3.05) is 11.9 Å². The molecule has 4 nitrogen and oxygen atoms in total. The van der Waals surface area contributed by atoms with E-state index in [0.717, 1.165) is 17.1 Å². The van der Waals surface area contributed by atoms with E-state index in [9.17, 15) is 9.59 Å². The van der Waals surface area contributed by atoms with Crippen LogP contribution in [0.25, 0.3) is 0 Å². The summed E-state index contributed by atoms with van der Waals surface area (Å²) >= 11 is 1.48. The first-order chi connectivity index (χ1) is 10.7. The molecule has 0 bridgehead atoms. The second kappa shape index (κ2) is 7.18. The van der Waals surface area contributed by atoms with Crippen LogP contribution in [0, 0.1) is 5.92 Å². The highest BCUT2D eigenvalue weighted by molar-refractivity contribution is 8.01. The van der Waals surface area contributed by atoms with Crippen molar-refractivity contribution in [2.45, 2.75) is 48.7 Å². The van der Waals surface area contributed by atoms with Gasteiger partial charge in [0.2, 0.25) is 11.8 Å². The summed E-state index contributed by atoms with van der Waals surface area (Å²) in [6.45, 7) is 0.758. The van der Waals surface area contributed by atoms with Crippen LogP contribution >= 0.6 is 11.8 Å². The van der Waals surface area contributed by atoms with Crippen molar-refractivity contribution >= 4 is 29.3 Å². The maximum atomic E-state index is 12.1. The lowest BCUT2D eigenvalue weighted by Crippen LogP contribution is -2.36. The molecule has 1 aromatic rings. The third-order valence-corrected chi connectivity index (χ3v) is 5.67. The van der Waals surface area contributed by atoms with Crippen LogP contribution in [0.1, 0.15) is 38.5 Å². The Morgan fingerprint density at radius 3 is 2.82 bits per heavy atom. The van der Waals surface area contributed by atoms with Crippen LogP contribution in [0.2, 0.25) is 0 Å². The number of nitrogens with one attached hydrogen (secondary N) is 2. The van der Waals surface area contributed by atoms with E-state index in [0.29, 0.717) is 5.92 Å². The molecule has 1 aromatic carbocycles. The van der Waals surface area contributed by atoms with Crippen LogP contribution in [-0.4, -0.2) is 23.6 Å². The Bertz CT molecular complexity index is 555. The van der Waals surface area contributed by atoms with Crippen molar-refractivity contribution in [3.63, 3.8) is 0 Å². The Labute approximate surface area is 135 Å². The number of amides is 2. The number of hydrogen-bond donors (Lipinski definition) is 2. The first-order valence-electron chi connectivity index (χ1n) is 8.05. The average Bonchev–Trinajstić information content (AvgIpc) is 2.55. The molecule has 1 unspecified atom stereocenters. The van der Waals surface area contributed by atoms with Gasteiger partial charge < -0.3 is 10.6 Å². The lowest BCUT2D eigenvalue weighted by atomic mass is 9.89. The van der Waals surface area contributed by atoms with Gasteiger partial charge in [-0.15, -0.1) is 11.8 Å². The third-order valence-electron chi connectivity index (χ3n) is 4.39. The predicted molar refractivity (Wildman–Crippen MR) is 88.9 cm³/mol. The Hall–Kier alpha value is -1.49. The Kier molecular flexibility index (Phi) is 5.03. The van der Waals surface area contributed by atoms with Gasteiger partial charge in [0.05, 0.1) is 10.9 Å². The van der Waals surface area contributed by atoms with Crippen LogP contribution in [0.3, 0.4) is 0 Å². The van der Waals surface area contributed by atoms with Crippen LogP contribution in [0.5, 0.6) is 0 Å². The van der Waals surface area contributed by atoms with E-state index < -0.39 is 0 Å². The third kappa shape index (κ3) is 3.83. The largest absolute Gasteiger partial charge is 0.356 e. The van der Waals surface area contributed by atoms with E-state index in [1.807, 2.05) is 24.3 Å². The second-order valence-corrected chi connectivity index (χ2v) is 7.35. The van der Waals surface area contributed by atoms with E-state index in [1.54, 1.807) is 0 Å². The van der Waals surface area contributed by atoms with E-state index in [4.69, 9.17) is 0 Å². The van der Waals surface area contributed by atoms with Crippen molar-refractivity contribution in [1.29, 1.82) is 0 Å². The van der Waals surface area contributed by atoms with Crippen molar-refractivity contribution < 1.29 is 9.59 Å². The molecule has 1 fully saturated rings. The molecule has 0 spiro atoms. The molecule has 1 heterocycles. The molecule has 0 radical (unpaired) electrons. The number of carbonyl (C=O) groups is 2. The van der Waals surface area contributed by atoms with Crippen LogP contribution in [0.15, 0.2) is 29.2 Å². The number of fused-ring (bicyclic) bond motifs is 1. The lowest BCUT2D eigenvalue weighted by molar-refractivity contribution is -0.124. The maximum absolute atomic E-state index is 12.1. The summed E-state index contributed by atoms with van der Waals surface area (Å²) in [7, 11) is 0. The Balaban J connectivity index is 1.50. The number of hydrogen-bond acceptors (Lipinski definition) is 3. The molecule has 22 heavy (non-hydrogen) atoms. The van der Waals surface area contributed by atoms with Gasteiger partial charge in [-0.3, -0.25) is 9.59 Å². The minimum absolute atomic E-state index is 0.0161. The highest BCUT2D eigenvalue weighted by Gasteiger charge is 2.28. The molecule has 1 saturated carbocycles. The molecule has 2 aliphatic rings. The van der Waals surface area contributed by atoms with Gasteiger partial charge in [0.15, 0.2) is 0 Å². The van der Waals surface area contributed by atoms with Crippen molar-refractivity contribution in [3.05, 3.63) is 24.3 Å². The van der Waals surface area contributed by atoms with Gasteiger partial charge in [-0.25, -0.2) is 0 Å². The lowest BCUT2D eigenvalue weighted by Gasteiger charge is -2.25. The molecule has 0 aromatic heterocycles. The molecule has 1 atom stereocenters. The second-order valence-electron chi connectivity index (χ2n) is 6.10. The van der Waals surface area contributed by atoms with E-state index in [1.165, 1.54) is 43.9 Å². The number of benzene rings is 1. The smallest absolute Gasteiger partial charge is 0.238 e. The molecular formula is C17H22N2O2S. The summed E-state index contributed by atoms with van der Waals surface area (Å²) in [6, 6.07) is 7.71. The molecule has 2 N–H and O–H groups in total. The molecule has 0 saturated heterocycles. The SMILES string of the molecule is O=C(CC1Sc2ccccc2NC1=O)NCC1CCCCC1. The highest BCUT2D eigenvalue weighted by atomic mass is 32.2. The summed E-state index contributed by atoms with van der Waals surface area (Å²) in [5.41, 5.74) is 0.844. The molecule has 2 amide bonds. The van der Waals surface area contributed by atoms with Gasteiger partial charge in [-0.1, -0.05) is 31.4 Å². The standard InChI is InChI=1S/C17H22N2O2S/c20-16(18-11-12-6-2-1-3-7-12)10-15-17(21)19-13-8-4-5-9-14(13)22-15/h4-5,8-9,12,15H,1-3,6-7,10-11H2,(H,18,20)(H,19,21). The van der Waals surface area contributed by atoms with Crippen LogP contribution < -0.4 is 10.6 Å². The minimum Gasteiger partial charge on any atom is -0.356 e. The fourth-order valence-corrected chi connectivity index (χ4v) is 4.23. The van der Waals surface area contributed by atoms with Gasteiger partial charge in [-0.05, 0) is 30.9 Å². The molecule has 5 heteroatoms. The highest BCUT2D eigenvalue weighted by Crippen LogP contribution is 2.36. The number of para-hydroxylation sites is 1. The van der Waals surface area contributed by atoms with Crippen LogP contribution in [-0.2, 0) is 9.59 Å². The van der Waals surface area contributed by atoms with Gasteiger partial charge in [-0.2, -0.15) is 0 Å². The summed E-state index contributed by atoms with van der Waals surface area (Å²) in [5.74, 6) is 0.528. The molecule has 118 valence electrons. The number of anilines is 1. The molecule has 3 rings (SSSR count). The summed E-state index contributed by atoms with van der Waals surface area (Å²) in [5, 5.41) is 5.56. The minimum atomic E-state index is -0.332. The molecule has 1 aliphatic heterocycles. The predicted octanol–water partition coefficient (Wildman–Crippen LogP) is 3.19. The summed E-state index contributed by atoms with van der Waals surface area (Å²) < 4.78 is 0. The van der Waals surface area contributed by atoms with Crippen molar-refractivity contribution in [3.8, 4) is 0 Å². The molecule has 1 aliphatic carbocycles. The zero-order valence-corrected chi connectivity index (χ0v) is 13.5. The molecular weight excluding hydrogens is 296 g/mol. The average molecular weight is 318 g/mol. The van der Waals surface area contributed by atoms with Crippen molar-refractivity contribution in [1.82, 2.24) is 5.32 Å². The zero-order chi connectivity index (χ0) is 15.4. The first-order valence-corrected chi connectivity index (χ1v) is 8.93. The Morgan fingerprint density at radius 1 is 1.23 bits per heavy atom. The van der Waals surface area contributed by atoms with E-state index in [-0.39, 0.29) is 23.5 Å². The van der Waals surface area contributed by atoms with E-state index in [2.05, 4.69) is 10.6 Å². The number of carbonyl (C=O) groups excluding carboxylic acids is 2. The number of thioether (sulfide) groups is 1. The fraction of sp³-hybridized carbons (Fsp3) is 0.529. The normalized spacial score (nSPS) is 21.8. The Morgan fingerprint density at radius 2 is 2.00 bits per heavy atom. The number of rotatable bonds is 4. The summed E-state index contributed by atoms with van der Waals surface area (Å²) in [4.78, 5) is 25.2. The zero-order valence-electron chi connectivity index (χ0n) is 12.6. The first kappa shape index (κ1) is 15.4. The van der Waals surface area contributed by atoms with Gasteiger partial charge in [0.1, 0.15) is 0 Å². The van der Waals surface area contributed by atoms with Crippen molar-refractivity contribution in [2.24, 2.45) is 5.92 Å². The van der Waals surface area contributed by atoms with Gasteiger partial charge in [0.25, 0.3) is 0 Å². The quantitative estimate of drug-likeness (QED) is 0.896. The van der Waals surface area contributed by atoms with Gasteiger partial charge in [0, 0.05) is 17.9 Å². The topological polar surface area (TPSA) is 58.2 Å². The monoisotopic (exact) mass is 318 g/mol. The maximum Gasteiger partial charge on any atom is 0.238 e. The fourth-order valence-electron chi connectivity index (χ4n) is 3.12. The summed E-state index contributed by atoms with van der Waals surface area (Å²) in [6.07, 6.45) is 6.55. The van der Waals surface area contributed by atoms with Gasteiger partial charge >= 0.3 is 0 Å². The van der Waals surface area contributed by atoms with E-state index >= 15 is 0 Å².